The summed E-state index contributed by atoms with van der Waals surface area (Å²) < 4.78 is 0. The Morgan fingerprint density at radius 1 is 1.42 bits per heavy atom. The van der Waals surface area contributed by atoms with E-state index in [2.05, 4.69) is 11.9 Å². The second-order valence-electron chi connectivity index (χ2n) is 4.82. The number of carbonyl (C=O) groups excluding carboxylic acids is 2. The van der Waals surface area contributed by atoms with Crippen molar-refractivity contribution in [3.8, 4) is 0 Å². The highest BCUT2D eigenvalue weighted by atomic mass is 16.2. The standard InChI is InChI=1S/C16H19NO2/c1-2-3-6-11-17-16(19)14-9-10-15(18)13-8-5-4-7-12(13)14/h2,4-5,7-8,14H,1,3,6,9-11H2,(H,17,19)/t14-/m0/s1. The highest BCUT2D eigenvalue weighted by molar-refractivity contribution is 6.01. The Labute approximate surface area is 113 Å². The van der Waals surface area contributed by atoms with Crippen molar-refractivity contribution in [2.45, 2.75) is 31.6 Å². The molecule has 0 saturated carbocycles. The zero-order valence-electron chi connectivity index (χ0n) is 11.0. The number of hydrogen-bond acceptors (Lipinski definition) is 2. The third-order valence-corrected chi connectivity index (χ3v) is 3.50. The van der Waals surface area contributed by atoms with E-state index >= 15 is 0 Å². The smallest absolute Gasteiger partial charge is 0.227 e. The Bertz CT molecular complexity index is 493. The van der Waals surface area contributed by atoms with Crippen molar-refractivity contribution in [3.63, 3.8) is 0 Å². The molecule has 3 heteroatoms. The molecule has 0 heterocycles. The molecule has 0 saturated heterocycles. The molecular weight excluding hydrogens is 238 g/mol. The Kier molecular flexibility index (Phi) is 4.50. The molecule has 0 unspecified atom stereocenters. The number of amides is 1. The van der Waals surface area contributed by atoms with Crippen LogP contribution >= 0.6 is 0 Å². The van der Waals surface area contributed by atoms with E-state index in [1.54, 1.807) is 0 Å². The molecule has 0 radical (unpaired) electrons. The lowest BCUT2D eigenvalue weighted by Crippen LogP contribution is -2.33. The van der Waals surface area contributed by atoms with Crippen LogP contribution in [0.5, 0.6) is 0 Å². The number of fused-ring (bicyclic) bond motifs is 1. The van der Waals surface area contributed by atoms with Gasteiger partial charge in [0.05, 0.1) is 5.92 Å². The van der Waals surface area contributed by atoms with Crippen LogP contribution in [0, 0.1) is 0 Å². The third kappa shape index (κ3) is 3.11. The van der Waals surface area contributed by atoms with Gasteiger partial charge in [0, 0.05) is 18.5 Å². The molecule has 100 valence electrons. The van der Waals surface area contributed by atoms with Gasteiger partial charge in [0.1, 0.15) is 0 Å². The Morgan fingerprint density at radius 3 is 3.00 bits per heavy atom. The van der Waals surface area contributed by atoms with Gasteiger partial charge >= 0.3 is 0 Å². The van der Waals surface area contributed by atoms with Crippen molar-refractivity contribution in [3.05, 3.63) is 48.0 Å². The Hall–Kier alpha value is -1.90. The van der Waals surface area contributed by atoms with Crippen LogP contribution in [0.25, 0.3) is 0 Å². The lowest BCUT2D eigenvalue weighted by atomic mass is 9.81. The van der Waals surface area contributed by atoms with E-state index in [0.29, 0.717) is 24.9 Å². The highest BCUT2D eigenvalue weighted by Gasteiger charge is 2.29. The number of benzene rings is 1. The van der Waals surface area contributed by atoms with Gasteiger partial charge in [-0.2, -0.15) is 0 Å². The van der Waals surface area contributed by atoms with Crippen LogP contribution in [0.2, 0.25) is 0 Å². The SMILES string of the molecule is C=CCCCNC(=O)[C@H]1CCC(=O)c2ccccc21. The summed E-state index contributed by atoms with van der Waals surface area (Å²) in [5.41, 5.74) is 1.58. The van der Waals surface area contributed by atoms with Gasteiger partial charge in [-0.15, -0.1) is 6.58 Å². The predicted octanol–water partition coefficient (Wildman–Crippen LogP) is 2.83. The van der Waals surface area contributed by atoms with E-state index in [-0.39, 0.29) is 17.6 Å². The van der Waals surface area contributed by atoms with Crippen molar-refractivity contribution in [2.24, 2.45) is 0 Å². The van der Waals surface area contributed by atoms with Crippen LogP contribution in [-0.4, -0.2) is 18.2 Å². The molecule has 3 nitrogen and oxygen atoms in total. The fourth-order valence-corrected chi connectivity index (χ4v) is 2.47. The van der Waals surface area contributed by atoms with Crippen LogP contribution in [0.3, 0.4) is 0 Å². The first-order valence-corrected chi connectivity index (χ1v) is 6.74. The summed E-state index contributed by atoms with van der Waals surface area (Å²) in [6.07, 6.45) is 4.73. The minimum absolute atomic E-state index is 0.0315. The van der Waals surface area contributed by atoms with Gasteiger partial charge < -0.3 is 5.32 Å². The molecule has 1 atom stereocenters. The van der Waals surface area contributed by atoms with Crippen molar-refractivity contribution in [1.82, 2.24) is 5.32 Å². The highest BCUT2D eigenvalue weighted by Crippen LogP contribution is 2.31. The minimum atomic E-state index is -0.183. The number of allylic oxidation sites excluding steroid dienone is 1. The van der Waals surface area contributed by atoms with E-state index in [1.807, 2.05) is 30.3 Å². The van der Waals surface area contributed by atoms with Crippen molar-refractivity contribution >= 4 is 11.7 Å². The van der Waals surface area contributed by atoms with Gasteiger partial charge in [0.2, 0.25) is 5.91 Å². The summed E-state index contributed by atoms with van der Waals surface area (Å²) in [4.78, 5) is 24.0. The summed E-state index contributed by atoms with van der Waals surface area (Å²) in [6.45, 7) is 4.32. The Balaban J connectivity index is 2.05. The number of nitrogens with one attached hydrogen (secondary N) is 1. The maximum absolute atomic E-state index is 12.2. The number of unbranched alkanes of at least 4 members (excludes halogenated alkanes) is 1. The number of carbonyl (C=O) groups is 2. The zero-order valence-corrected chi connectivity index (χ0v) is 11.0. The largest absolute Gasteiger partial charge is 0.356 e. The summed E-state index contributed by atoms with van der Waals surface area (Å²) in [5, 5.41) is 2.94. The second-order valence-corrected chi connectivity index (χ2v) is 4.82. The molecule has 2 rings (SSSR count). The second kappa shape index (κ2) is 6.32. The number of ketones is 1. The van der Waals surface area contributed by atoms with Crippen LogP contribution in [0.15, 0.2) is 36.9 Å². The van der Waals surface area contributed by atoms with Gasteiger partial charge in [-0.25, -0.2) is 0 Å². The van der Waals surface area contributed by atoms with E-state index in [0.717, 1.165) is 18.4 Å². The molecule has 1 amide bonds. The Morgan fingerprint density at radius 2 is 2.21 bits per heavy atom. The summed E-state index contributed by atoms with van der Waals surface area (Å²) in [5.74, 6) is -0.00653. The van der Waals surface area contributed by atoms with Crippen LogP contribution in [0.1, 0.15) is 47.5 Å². The number of hydrogen-bond donors (Lipinski definition) is 1. The van der Waals surface area contributed by atoms with Crippen LogP contribution < -0.4 is 5.32 Å². The van der Waals surface area contributed by atoms with E-state index < -0.39 is 0 Å². The molecule has 0 spiro atoms. The lowest BCUT2D eigenvalue weighted by Gasteiger charge is -2.23. The van der Waals surface area contributed by atoms with E-state index in [4.69, 9.17) is 0 Å². The van der Waals surface area contributed by atoms with Crippen LogP contribution in [-0.2, 0) is 4.79 Å². The number of Topliss-reactive ketones (excluding diaryl/α,β-unsaturated/α-hetero) is 1. The molecule has 1 aromatic carbocycles. The van der Waals surface area contributed by atoms with Crippen molar-refractivity contribution in [1.29, 1.82) is 0 Å². The summed E-state index contributed by atoms with van der Waals surface area (Å²) in [7, 11) is 0. The first-order valence-electron chi connectivity index (χ1n) is 6.74. The average Bonchev–Trinajstić information content (AvgIpc) is 2.44. The predicted molar refractivity (Wildman–Crippen MR) is 75.2 cm³/mol. The first-order chi connectivity index (χ1) is 9.24. The van der Waals surface area contributed by atoms with Gasteiger partial charge in [-0.05, 0) is 24.8 Å². The fourth-order valence-electron chi connectivity index (χ4n) is 2.47. The van der Waals surface area contributed by atoms with Crippen molar-refractivity contribution in [2.75, 3.05) is 6.54 Å². The summed E-state index contributed by atoms with van der Waals surface area (Å²) in [6, 6.07) is 7.44. The van der Waals surface area contributed by atoms with Crippen molar-refractivity contribution < 1.29 is 9.59 Å². The molecule has 1 aromatic rings. The molecule has 19 heavy (non-hydrogen) atoms. The maximum atomic E-state index is 12.2. The van der Waals surface area contributed by atoms with E-state index in [9.17, 15) is 9.59 Å². The molecular formula is C16H19NO2. The topological polar surface area (TPSA) is 46.2 Å². The van der Waals surface area contributed by atoms with Gasteiger partial charge in [0.25, 0.3) is 0 Å². The molecule has 1 N–H and O–H groups in total. The van der Waals surface area contributed by atoms with E-state index in [1.165, 1.54) is 0 Å². The normalized spacial score (nSPS) is 17.7. The van der Waals surface area contributed by atoms with Gasteiger partial charge in [-0.3, -0.25) is 9.59 Å². The maximum Gasteiger partial charge on any atom is 0.227 e. The van der Waals surface area contributed by atoms with Crippen LogP contribution in [0.4, 0.5) is 0 Å². The molecule has 0 aromatic heterocycles. The fraction of sp³-hybridized carbons (Fsp3) is 0.375. The van der Waals surface area contributed by atoms with Gasteiger partial charge in [-0.1, -0.05) is 30.3 Å². The molecule has 0 aliphatic heterocycles. The molecule has 1 aliphatic carbocycles. The zero-order chi connectivity index (χ0) is 13.7. The minimum Gasteiger partial charge on any atom is -0.356 e. The quantitative estimate of drug-likeness (QED) is 0.651. The molecule has 1 aliphatic rings. The van der Waals surface area contributed by atoms with Gasteiger partial charge in [0.15, 0.2) is 5.78 Å². The first kappa shape index (κ1) is 13.5. The average molecular weight is 257 g/mol. The third-order valence-electron chi connectivity index (χ3n) is 3.50. The monoisotopic (exact) mass is 257 g/mol. The lowest BCUT2D eigenvalue weighted by molar-refractivity contribution is -0.122. The number of rotatable bonds is 5. The molecule has 0 fully saturated rings. The summed E-state index contributed by atoms with van der Waals surface area (Å²) >= 11 is 0. The molecule has 0 bridgehead atoms.